The van der Waals surface area contributed by atoms with Gasteiger partial charge in [0.25, 0.3) is 0 Å². The Morgan fingerprint density at radius 1 is 0.800 bits per heavy atom. The summed E-state index contributed by atoms with van der Waals surface area (Å²) in [6.07, 6.45) is -9.56. The maximum absolute atomic E-state index is 12.0. The fourth-order valence-corrected chi connectivity index (χ4v) is 0.799. The molecule has 0 heterocycles. The van der Waals surface area contributed by atoms with Crippen LogP contribution in [-0.2, 0) is 12.4 Å². The predicted octanol–water partition coefficient (Wildman–Crippen LogP) is 0.528. The summed E-state index contributed by atoms with van der Waals surface area (Å²) >= 11 is 0. The first-order valence-corrected chi connectivity index (χ1v) is 3.37. The van der Waals surface area contributed by atoms with Crippen LogP contribution < -0.4 is 29.6 Å². The first kappa shape index (κ1) is 14.8. The Labute approximate surface area is 104 Å². The van der Waals surface area contributed by atoms with Crippen LogP contribution in [0.15, 0.2) is 18.2 Å². The Balaban J connectivity index is 0.00000196. The van der Waals surface area contributed by atoms with Crippen molar-refractivity contribution in [2.24, 2.45) is 0 Å². The molecule has 1 aromatic rings. The van der Waals surface area contributed by atoms with Gasteiger partial charge in [0.2, 0.25) is 0 Å². The molecule has 0 fully saturated rings. The van der Waals surface area contributed by atoms with Crippen LogP contribution in [0.25, 0.3) is 0 Å². The molecule has 0 N–H and O–H groups in total. The Bertz CT molecular complexity index is 297. The molecule has 78 valence electrons. The third kappa shape index (κ3) is 4.04. The molecule has 0 radical (unpaired) electrons. The van der Waals surface area contributed by atoms with Crippen LogP contribution >= 0.6 is 0 Å². The largest absolute Gasteiger partial charge is 1.00 e. The number of rotatable bonds is 0. The summed E-state index contributed by atoms with van der Waals surface area (Å²) in [6, 6.07) is 2.79. The molecule has 0 nitrogen and oxygen atoms in total. The summed E-state index contributed by atoms with van der Waals surface area (Å²) in [4.78, 5) is 0. The zero-order valence-electron chi connectivity index (χ0n) is 7.50. The summed E-state index contributed by atoms with van der Waals surface area (Å²) in [5.41, 5.74) is -2.71. The molecule has 0 amide bonds. The van der Waals surface area contributed by atoms with Gasteiger partial charge in [-0.3, -0.25) is 0 Å². The molecular formula is C8H3F6Na. The first-order chi connectivity index (χ1) is 6.21. The standard InChI is InChI=1S/C8H3F6.Na/c9-7(10,11)5-2-1-3-6(4-5)8(12,13)14;/h2-4H;/q-1;+1. The normalized spacial score (nSPS) is 12.1. The van der Waals surface area contributed by atoms with E-state index < -0.39 is 23.5 Å². The van der Waals surface area contributed by atoms with Crippen LogP contribution in [0.1, 0.15) is 11.1 Å². The maximum Gasteiger partial charge on any atom is 1.00 e. The van der Waals surface area contributed by atoms with Crippen molar-refractivity contribution in [3.8, 4) is 0 Å². The van der Waals surface area contributed by atoms with Crippen molar-refractivity contribution < 1.29 is 55.9 Å². The Kier molecular flexibility index (Phi) is 4.69. The maximum atomic E-state index is 12.0. The minimum Gasteiger partial charge on any atom is -0.183 e. The Morgan fingerprint density at radius 2 is 1.13 bits per heavy atom. The second-order valence-electron chi connectivity index (χ2n) is 2.51. The summed E-state index contributed by atoms with van der Waals surface area (Å²) in [6.45, 7) is 0. The van der Waals surface area contributed by atoms with Gasteiger partial charge < -0.3 is 0 Å². The summed E-state index contributed by atoms with van der Waals surface area (Å²) in [5, 5.41) is 0. The molecule has 1 aromatic carbocycles. The Hall–Kier alpha value is -0.200. The van der Waals surface area contributed by atoms with E-state index in [-0.39, 0.29) is 35.6 Å². The molecule has 0 unspecified atom stereocenters. The van der Waals surface area contributed by atoms with Gasteiger partial charge in [0, 0.05) is 0 Å². The third-order valence-corrected chi connectivity index (χ3v) is 1.44. The van der Waals surface area contributed by atoms with E-state index in [4.69, 9.17) is 0 Å². The van der Waals surface area contributed by atoms with Crippen LogP contribution in [0.3, 0.4) is 0 Å². The smallest absolute Gasteiger partial charge is 0.183 e. The van der Waals surface area contributed by atoms with Gasteiger partial charge in [0.05, 0.1) is 0 Å². The first-order valence-electron chi connectivity index (χ1n) is 3.37. The zero-order valence-corrected chi connectivity index (χ0v) is 9.50. The summed E-state index contributed by atoms with van der Waals surface area (Å²) in [5.74, 6) is 0. The molecule has 0 aliphatic heterocycles. The van der Waals surface area contributed by atoms with E-state index in [1.165, 1.54) is 0 Å². The van der Waals surface area contributed by atoms with Gasteiger partial charge in [-0.2, -0.15) is 44.5 Å². The summed E-state index contributed by atoms with van der Waals surface area (Å²) in [7, 11) is 0. The van der Waals surface area contributed by atoms with Gasteiger partial charge >= 0.3 is 41.9 Å². The van der Waals surface area contributed by atoms with Crippen LogP contribution in [0.2, 0.25) is 0 Å². The zero-order chi connectivity index (χ0) is 11.0. The van der Waals surface area contributed by atoms with E-state index in [1.54, 1.807) is 6.07 Å². The SMILES string of the molecule is FC(F)(F)c1c[c-]cc(C(F)(F)F)c1.[Na+]. The van der Waals surface area contributed by atoms with Crippen molar-refractivity contribution in [2.45, 2.75) is 12.4 Å². The van der Waals surface area contributed by atoms with E-state index in [0.29, 0.717) is 12.1 Å². The van der Waals surface area contributed by atoms with Crippen molar-refractivity contribution in [1.29, 1.82) is 0 Å². The van der Waals surface area contributed by atoms with Gasteiger partial charge in [-0.1, -0.05) is 11.1 Å². The number of halogens is 6. The molecule has 7 heteroatoms. The van der Waals surface area contributed by atoms with E-state index in [1.807, 2.05) is 0 Å². The van der Waals surface area contributed by atoms with Crippen LogP contribution in [-0.4, -0.2) is 0 Å². The topological polar surface area (TPSA) is 0 Å². The minimum absolute atomic E-state index is 0. The molecule has 0 atom stereocenters. The van der Waals surface area contributed by atoms with Crippen LogP contribution in [0.5, 0.6) is 0 Å². The van der Waals surface area contributed by atoms with E-state index in [0.717, 1.165) is 0 Å². The molecule has 0 aromatic heterocycles. The van der Waals surface area contributed by atoms with E-state index in [9.17, 15) is 26.3 Å². The molecule has 0 saturated carbocycles. The minimum atomic E-state index is -4.78. The van der Waals surface area contributed by atoms with Gasteiger partial charge in [0.15, 0.2) is 0 Å². The molecule has 0 aliphatic carbocycles. The van der Waals surface area contributed by atoms with Gasteiger partial charge in [-0.25, -0.2) is 0 Å². The monoisotopic (exact) mass is 236 g/mol. The molecule has 0 aliphatic rings. The number of alkyl halides is 6. The second kappa shape index (κ2) is 4.76. The summed E-state index contributed by atoms with van der Waals surface area (Å²) < 4.78 is 71.8. The number of hydrogen-bond acceptors (Lipinski definition) is 0. The molecular weight excluding hydrogens is 233 g/mol. The molecule has 15 heavy (non-hydrogen) atoms. The van der Waals surface area contributed by atoms with Gasteiger partial charge in [-0.05, 0) is 0 Å². The van der Waals surface area contributed by atoms with Crippen molar-refractivity contribution >= 4 is 0 Å². The average Bonchev–Trinajstić information content (AvgIpc) is 2.01. The number of hydrogen-bond donors (Lipinski definition) is 0. The van der Waals surface area contributed by atoms with Crippen LogP contribution in [0.4, 0.5) is 26.3 Å². The van der Waals surface area contributed by atoms with Crippen molar-refractivity contribution in [1.82, 2.24) is 0 Å². The van der Waals surface area contributed by atoms with Crippen molar-refractivity contribution in [3.05, 3.63) is 35.4 Å². The average molecular weight is 236 g/mol. The van der Waals surface area contributed by atoms with E-state index in [2.05, 4.69) is 0 Å². The predicted molar refractivity (Wildman–Crippen MR) is 35.3 cm³/mol. The molecule has 0 bridgehead atoms. The molecule has 1 rings (SSSR count). The fraction of sp³-hybridized carbons (Fsp3) is 0.250. The van der Waals surface area contributed by atoms with Gasteiger partial charge in [-0.15, -0.1) is 6.07 Å². The van der Waals surface area contributed by atoms with Gasteiger partial charge in [0.1, 0.15) is 0 Å². The molecule has 0 saturated heterocycles. The molecule has 0 spiro atoms. The van der Waals surface area contributed by atoms with E-state index >= 15 is 0 Å². The number of benzene rings is 1. The fourth-order valence-electron chi connectivity index (χ4n) is 0.799. The van der Waals surface area contributed by atoms with Crippen molar-refractivity contribution in [2.75, 3.05) is 0 Å². The second-order valence-corrected chi connectivity index (χ2v) is 2.51. The Morgan fingerprint density at radius 3 is 1.40 bits per heavy atom. The van der Waals surface area contributed by atoms with Crippen molar-refractivity contribution in [3.63, 3.8) is 0 Å². The van der Waals surface area contributed by atoms with Crippen LogP contribution in [0, 0.1) is 6.07 Å². The quantitative estimate of drug-likeness (QED) is 0.350. The third-order valence-electron chi connectivity index (χ3n) is 1.44.